The Morgan fingerprint density at radius 1 is 0.167 bits per heavy atom. The minimum Gasteiger partial charge on any atom is -0.309 e. The highest BCUT2D eigenvalue weighted by Crippen LogP contribution is 2.53. The first kappa shape index (κ1) is 74.9. The average Bonchev–Trinajstić information content (AvgIpc) is 1.56. The summed E-state index contributed by atoms with van der Waals surface area (Å²) in [6.45, 7) is 4.69. The van der Waals surface area contributed by atoms with Crippen LogP contribution in [0.3, 0.4) is 0 Å². The van der Waals surface area contributed by atoms with E-state index < -0.39 is 0 Å². The van der Waals surface area contributed by atoms with E-state index in [1.54, 1.807) is 0 Å². The van der Waals surface area contributed by atoms with Crippen LogP contribution in [0.25, 0.3) is 248 Å². The first-order chi connectivity index (χ1) is 65.3. The van der Waals surface area contributed by atoms with Gasteiger partial charge in [-0.05, 0) is 179 Å². The Balaban J connectivity index is 0.0000000995. The summed E-state index contributed by atoms with van der Waals surface area (Å²) in [6.07, 6.45) is 0. The molecule has 0 bridgehead atoms. The van der Waals surface area contributed by atoms with Crippen molar-refractivity contribution in [2.45, 2.75) is 19.3 Å². The molecule has 0 saturated carbocycles. The van der Waals surface area contributed by atoms with E-state index >= 15 is 0 Å². The van der Waals surface area contributed by atoms with Gasteiger partial charge in [0.25, 0.3) is 0 Å². The summed E-state index contributed by atoms with van der Waals surface area (Å²) in [5, 5.41) is 23.2. The van der Waals surface area contributed by atoms with Crippen molar-refractivity contribution in [1.82, 2.24) is 27.4 Å². The number of hydrogen-bond acceptors (Lipinski definition) is 3. The molecular formula is C123H78N6S3. The molecule has 29 aromatic rings. The number of para-hydroxylation sites is 7. The van der Waals surface area contributed by atoms with Crippen LogP contribution in [-0.2, 0) is 5.41 Å². The van der Waals surface area contributed by atoms with Gasteiger partial charge in [0.05, 0.1) is 97.4 Å². The first-order valence-corrected chi connectivity index (χ1v) is 47.8. The Morgan fingerprint density at radius 2 is 0.439 bits per heavy atom. The molecule has 9 heterocycles. The van der Waals surface area contributed by atoms with Crippen molar-refractivity contribution in [1.29, 1.82) is 0 Å². The molecule has 0 saturated heterocycles. The molecule has 0 aliphatic heterocycles. The summed E-state index contributed by atoms with van der Waals surface area (Å²) in [5.74, 6) is 0. The molecule has 0 unspecified atom stereocenters. The Bertz CT molecular complexity index is 9710. The lowest BCUT2D eigenvalue weighted by Crippen LogP contribution is -2.14. The third-order valence-electron chi connectivity index (χ3n) is 28.3. The predicted octanol–water partition coefficient (Wildman–Crippen LogP) is 34.7. The van der Waals surface area contributed by atoms with Crippen LogP contribution in [0.1, 0.15) is 25.0 Å². The van der Waals surface area contributed by atoms with Crippen LogP contribution in [0.4, 0.5) is 0 Å². The molecule has 0 fully saturated rings. The topological polar surface area (TPSA) is 29.6 Å². The van der Waals surface area contributed by atoms with E-state index in [0.29, 0.717) is 0 Å². The van der Waals surface area contributed by atoms with Crippen molar-refractivity contribution >= 4 is 225 Å². The standard InChI is InChI=1S/C45H32N2.C42H24N2S2.C36H22N2S/c1-45(2)39-20-9-6-17-33(39)36-26-32(23-24-40(36)45)47-42-22-11-8-19-35(42)38-27-43-37(28-44(38)47)34-18-7-10-21-41(34)46(43)31-16-12-15-30(25-31)29-13-4-3-5-14-29;1-5-17-33-25(11-1)31-23-38-32(24-37(31)43(33)35-19-9-15-29-27-13-3-7-21-39(27)45-41(29)35)26-12-2-6-18-34(26)44(38)36-20-10-16-30-28-14-4-8-22-40(28)46-42(30)36;1-2-11-23(12-3-1)37-30-17-7-4-13-24(30)28-22-34-29(21-33(28)37)25-14-5-8-18-31(25)38(34)32-19-10-16-27-26-15-6-9-20-35(26)39-36(27)32/h3-28H,1-2H3;1-24H;1-22H. The SMILES string of the molecule is CC1(C)c2ccccc2-c2cc(-n3c4ccccc4c4cc5c(cc43)c3ccccc3n5-c3cccc(-c4ccccc4)c3)ccc21.c1ccc(-n2c3ccccc3c3cc4c(cc32)c2ccccc2n4-c2cccc3c2sc2ccccc23)cc1.c1ccc2c(c1)sc1c(-n3c4ccccc4c4cc5c(cc43)c3ccccc3n5-c3cccc4c3sc3ccccc34)cccc12. The molecule has 30 rings (SSSR count). The second-order valence-electron chi connectivity index (χ2n) is 35.7. The number of nitrogens with zero attached hydrogens (tertiary/aromatic N) is 6. The molecule has 9 aromatic heterocycles. The smallest absolute Gasteiger partial charge is 0.0640 e. The normalized spacial score (nSPS) is 12.7. The monoisotopic (exact) mass is 1730 g/mol. The maximum Gasteiger partial charge on any atom is 0.0640 e. The number of hydrogen-bond donors (Lipinski definition) is 0. The second-order valence-corrected chi connectivity index (χ2v) is 38.8. The highest BCUT2D eigenvalue weighted by molar-refractivity contribution is 7.27. The van der Waals surface area contributed by atoms with Crippen molar-refractivity contribution in [3.8, 4) is 56.4 Å². The minimum atomic E-state index is -0.0168. The van der Waals surface area contributed by atoms with Gasteiger partial charge < -0.3 is 27.4 Å². The molecule has 0 N–H and O–H groups in total. The molecule has 132 heavy (non-hydrogen) atoms. The van der Waals surface area contributed by atoms with E-state index in [4.69, 9.17) is 0 Å². The number of benzene rings is 20. The van der Waals surface area contributed by atoms with Crippen LogP contribution in [0.5, 0.6) is 0 Å². The van der Waals surface area contributed by atoms with E-state index in [2.05, 4.69) is 478 Å². The van der Waals surface area contributed by atoms with Gasteiger partial charge in [-0.25, -0.2) is 0 Å². The number of aromatic nitrogens is 6. The van der Waals surface area contributed by atoms with Gasteiger partial charge in [0.15, 0.2) is 0 Å². The summed E-state index contributed by atoms with van der Waals surface area (Å²) in [7, 11) is 0. The first-order valence-electron chi connectivity index (χ1n) is 45.4. The van der Waals surface area contributed by atoms with Gasteiger partial charge in [-0.3, -0.25) is 0 Å². The van der Waals surface area contributed by atoms with Crippen LogP contribution in [0.15, 0.2) is 437 Å². The molecule has 1 aliphatic carbocycles. The van der Waals surface area contributed by atoms with E-state index in [0.717, 1.165) is 0 Å². The van der Waals surface area contributed by atoms with Gasteiger partial charge in [0, 0.05) is 134 Å². The van der Waals surface area contributed by atoms with E-state index in [-0.39, 0.29) is 5.41 Å². The highest BCUT2D eigenvalue weighted by Gasteiger charge is 2.36. The summed E-state index contributed by atoms with van der Waals surface area (Å²) < 4.78 is 22.8. The Kier molecular flexibility index (Phi) is 16.4. The zero-order chi connectivity index (χ0) is 86.7. The highest BCUT2D eigenvalue weighted by atomic mass is 32.1. The number of rotatable bonds is 7. The lowest BCUT2D eigenvalue weighted by atomic mass is 9.82. The van der Waals surface area contributed by atoms with Gasteiger partial charge in [-0.1, -0.05) is 305 Å². The van der Waals surface area contributed by atoms with Crippen LogP contribution in [0.2, 0.25) is 0 Å². The zero-order valence-corrected chi connectivity index (χ0v) is 74.4. The Labute approximate surface area is 770 Å². The average molecular weight is 1740 g/mol. The van der Waals surface area contributed by atoms with Crippen molar-refractivity contribution in [3.05, 3.63) is 448 Å². The van der Waals surface area contributed by atoms with Crippen LogP contribution >= 0.6 is 34.0 Å². The lowest BCUT2D eigenvalue weighted by Gasteiger charge is -2.21. The van der Waals surface area contributed by atoms with Gasteiger partial charge in [0.2, 0.25) is 0 Å². The van der Waals surface area contributed by atoms with Crippen molar-refractivity contribution in [2.24, 2.45) is 0 Å². The second kappa shape index (κ2) is 28.9. The zero-order valence-electron chi connectivity index (χ0n) is 72.0. The van der Waals surface area contributed by atoms with Crippen molar-refractivity contribution < 1.29 is 0 Å². The third-order valence-corrected chi connectivity index (χ3v) is 31.9. The summed E-state index contributed by atoms with van der Waals surface area (Å²) in [5.41, 5.74) is 29.9. The molecule has 0 atom stereocenters. The molecule has 0 radical (unpaired) electrons. The van der Waals surface area contributed by atoms with E-state index in [1.807, 2.05) is 34.0 Å². The quantitative estimate of drug-likeness (QED) is 0.152. The van der Waals surface area contributed by atoms with Gasteiger partial charge in [0.1, 0.15) is 0 Å². The fraction of sp³-hybridized carbons (Fsp3) is 0.0244. The van der Waals surface area contributed by atoms with Crippen molar-refractivity contribution in [3.63, 3.8) is 0 Å². The van der Waals surface area contributed by atoms with Crippen LogP contribution < -0.4 is 0 Å². The van der Waals surface area contributed by atoms with Gasteiger partial charge in [-0.2, -0.15) is 0 Å². The lowest BCUT2D eigenvalue weighted by molar-refractivity contribution is 0.660. The molecule has 0 amide bonds. The molecule has 6 nitrogen and oxygen atoms in total. The van der Waals surface area contributed by atoms with E-state index in [9.17, 15) is 0 Å². The fourth-order valence-electron chi connectivity index (χ4n) is 22.5. The summed E-state index contributed by atoms with van der Waals surface area (Å²) in [6, 6.07) is 161. The Morgan fingerprint density at radius 3 is 0.833 bits per heavy atom. The van der Waals surface area contributed by atoms with Gasteiger partial charge in [-0.15, -0.1) is 34.0 Å². The molecule has 0 spiro atoms. The third kappa shape index (κ3) is 11.0. The summed E-state index contributed by atoms with van der Waals surface area (Å²) in [4.78, 5) is 0. The van der Waals surface area contributed by atoms with Crippen LogP contribution in [-0.4, -0.2) is 27.4 Å². The Hall–Kier alpha value is -16.1. The number of fused-ring (bicyclic) bond motifs is 30. The fourth-order valence-corrected chi connectivity index (χ4v) is 26.1. The van der Waals surface area contributed by atoms with Crippen LogP contribution in [0, 0.1) is 0 Å². The maximum absolute atomic E-state index is 2.50. The summed E-state index contributed by atoms with van der Waals surface area (Å²) >= 11 is 5.67. The molecular weight excluding hydrogens is 1660 g/mol. The largest absolute Gasteiger partial charge is 0.309 e. The number of thiophene rings is 3. The predicted molar refractivity (Wildman–Crippen MR) is 567 cm³/mol. The molecule has 1 aliphatic rings. The van der Waals surface area contributed by atoms with E-state index in [1.165, 1.54) is 259 Å². The molecule has 20 aromatic carbocycles. The van der Waals surface area contributed by atoms with Crippen molar-refractivity contribution in [2.75, 3.05) is 0 Å². The minimum absolute atomic E-state index is 0.0168. The maximum atomic E-state index is 2.50. The molecule has 618 valence electrons. The van der Waals surface area contributed by atoms with Gasteiger partial charge >= 0.3 is 0 Å². The molecule has 9 heteroatoms.